The third-order valence-corrected chi connectivity index (χ3v) is 10.1. The molecule has 192 valence electrons. The zero-order chi connectivity index (χ0) is 25.0. The van der Waals surface area contributed by atoms with Crippen molar-refractivity contribution in [3.05, 3.63) is 33.6 Å². The standard InChI is InChI=1S/C24H30F2N2O6S/c1-14-17(6-11-35(14)33-21(29)13-19(22(27)30)23(31)34-35)18-12-20(18)28(16-4-9-32-10-5-16)15-2-7-24(25,26)8-3-15/h6,11,13,15-16,18,20H,2-5,7-10,12H2,1H3,(H2,27,30)/t18-,20+/m1/s1. The lowest BCUT2D eigenvalue weighted by molar-refractivity contribution is -0.131. The maximum Gasteiger partial charge on any atom is 0.367 e. The van der Waals surface area contributed by atoms with Crippen molar-refractivity contribution in [2.45, 2.75) is 75.9 Å². The van der Waals surface area contributed by atoms with Crippen LogP contribution in [-0.4, -0.2) is 60.0 Å². The van der Waals surface area contributed by atoms with E-state index in [1.807, 2.05) is 6.08 Å². The number of alkyl halides is 2. The molecular weight excluding hydrogens is 482 g/mol. The summed E-state index contributed by atoms with van der Waals surface area (Å²) < 4.78 is 44.4. The second-order valence-corrected chi connectivity index (χ2v) is 12.2. The van der Waals surface area contributed by atoms with E-state index in [4.69, 9.17) is 18.8 Å². The van der Waals surface area contributed by atoms with Crippen LogP contribution in [0.5, 0.6) is 0 Å². The first-order chi connectivity index (χ1) is 16.6. The monoisotopic (exact) mass is 512 g/mol. The van der Waals surface area contributed by atoms with Crippen LogP contribution in [0.25, 0.3) is 0 Å². The van der Waals surface area contributed by atoms with Gasteiger partial charge in [-0.05, 0) is 50.7 Å². The van der Waals surface area contributed by atoms with Gasteiger partial charge in [0.05, 0.1) is 4.91 Å². The summed E-state index contributed by atoms with van der Waals surface area (Å²) in [5.41, 5.74) is 5.60. The first kappa shape index (κ1) is 24.5. The number of nitrogens with two attached hydrogens (primary N) is 1. The summed E-state index contributed by atoms with van der Waals surface area (Å²) in [5.74, 6) is -5.37. The molecule has 5 aliphatic rings. The Balaban J connectivity index is 1.37. The molecule has 3 atom stereocenters. The molecule has 2 saturated carbocycles. The van der Waals surface area contributed by atoms with Crippen LogP contribution in [0.4, 0.5) is 8.78 Å². The molecule has 0 aromatic rings. The van der Waals surface area contributed by atoms with Gasteiger partial charge in [0.25, 0.3) is 5.91 Å². The molecule has 0 aromatic carbocycles. The lowest BCUT2D eigenvalue weighted by atomic mass is 9.89. The van der Waals surface area contributed by atoms with Crippen molar-refractivity contribution >= 4 is 28.4 Å². The molecule has 1 unspecified atom stereocenters. The van der Waals surface area contributed by atoms with E-state index in [0.29, 0.717) is 31.0 Å². The van der Waals surface area contributed by atoms with Gasteiger partial charge in [0, 0.05) is 61.6 Å². The molecule has 1 saturated heterocycles. The molecule has 8 nitrogen and oxygen atoms in total. The number of rotatable bonds is 5. The smallest absolute Gasteiger partial charge is 0.367 e. The molecule has 2 N–H and O–H groups in total. The van der Waals surface area contributed by atoms with Crippen LogP contribution in [0, 0.1) is 5.92 Å². The molecule has 1 spiro atoms. The number of carbonyl (C=O) groups excluding carboxylic acids is 3. The minimum Gasteiger partial charge on any atom is -0.381 e. The molecule has 2 aliphatic carbocycles. The maximum atomic E-state index is 13.9. The van der Waals surface area contributed by atoms with Crippen LogP contribution in [0.1, 0.15) is 51.9 Å². The van der Waals surface area contributed by atoms with Gasteiger partial charge in [-0.1, -0.05) is 10.6 Å². The van der Waals surface area contributed by atoms with Gasteiger partial charge in [-0.15, -0.1) is 0 Å². The van der Waals surface area contributed by atoms with Crippen LogP contribution in [-0.2, 0) is 27.5 Å². The Morgan fingerprint density at radius 1 is 1.11 bits per heavy atom. The van der Waals surface area contributed by atoms with Crippen molar-refractivity contribution in [2.75, 3.05) is 13.2 Å². The zero-order valence-electron chi connectivity index (χ0n) is 19.5. The van der Waals surface area contributed by atoms with Gasteiger partial charge < -0.3 is 18.8 Å². The van der Waals surface area contributed by atoms with Gasteiger partial charge in [-0.3, -0.25) is 9.69 Å². The number of hydrogen-bond acceptors (Lipinski definition) is 7. The number of primary amides is 1. The molecule has 0 bridgehead atoms. The normalized spacial score (nSPS) is 35.4. The van der Waals surface area contributed by atoms with E-state index in [1.54, 1.807) is 12.3 Å². The van der Waals surface area contributed by atoms with Crippen molar-refractivity contribution in [1.82, 2.24) is 4.90 Å². The summed E-state index contributed by atoms with van der Waals surface area (Å²) in [6.45, 7) is 3.10. The van der Waals surface area contributed by atoms with E-state index in [9.17, 15) is 23.2 Å². The Labute approximate surface area is 204 Å². The van der Waals surface area contributed by atoms with Crippen molar-refractivity contribution in [1.29, 1.82) is 0 Å². The predicted octanol–water partition coefficient (Wildman–Crippen LogP) is 3.38. The van der Waals surface area contributed by atoms with Gasteiger partial charge in [-0.25, -0.2) is 18.4 Å². The van der Waals surface area contributed by atoms with E-state index in [2.05, 4.69) is 4.90 Å². The number of carbonyl (C=O) groups is 3. The van der Waals surface area contributed by atoms with E-state index in [1.165, 1.54) is 0 Å². The van der Waals surface area contributed by atoms with Crippen LogP contribution in [0.15, 0.2) is 33.6 Å². The van der Waals surface area contributed by atoms with Gasteiger partial charge >= 0.3 is 11.9 Å². The highest BCUT2D eigenvalue weighted by atomic mass is 32.3. The Hall–Kier alpha value is -2.24. The number of halogens is 2. The third kappa shape index (κ3) is 4.65. The third-order valence-electron chi connectivity index (χ3n) is 7.67. The minimum absolute atomic E-state index is 0.0925. The first-order valence-corrected chi connectivity index (χ1v) is 13.6. The highest BCUT2D eigenvalue weighted by Crippen LogP contribution is 2.67. The molecule has 11 heteroatoms. The Morgan fingerprint density at radius 3 is 2.43 bits per heavy atom. The summed E-state index contributed by atoms with van der Waals surface area (Å²) in [6, 6.07) is 0.547. The Kier molecular flexibility index (Phi) is 6.29. The van der Waals surface area contributed by atoms with Gasteiger partial charge in [0.1, 0.15) is 5.57 Å². The number of allylic oxidation sites excluding steroid dienone is 2. The molecule has 5 rings (SSSR count). The number of amides is 1. The fourth-order valence-corrected chi connectivity index (χ4v) is 7.85. The van der Waals surface area contributed by atoms with Crippen molar-refractivity contribution < 1.29 is 36.3 Å². The molecular formula is C24H30F2N2O6S. The largest absolute Gasteiger partial charge is 0.381 e. The maximum absolute atomic E-state index is 13.9. The Bertz CT molecular complexity index is 1030. The van der Waals surface area contributed by atoms with Gasteiger partial charge in [-0.2, -0.15) is 0 Å². The second kappa shape index (κ2) is 9.01. The molecule has 0 aromatic heterocycles. The van der Waals surface area contributed by atoms with Crippen LogP contribution in [0.3, 0.4) is 0 Å². The van der Waals surface area contributed by atoms with E-state index >= 15 is 0 Å². The first-order valence-electron chi connectivity index (χ1n) is 12.0. The molecule has 3 fully saturated rings. The Morgan fingerprint density at radius 2 is 1.77 bits per heavy atom. The van der Waals surface area contributed by atoms with Crippen molar-refractivity contribution in [3.8, 4) is 0 Å². The fourth-order valence-electron chi connectivity index (χ4n) is 5.77. The summed E-state index contributed by atoms with van der Waals surface area (Å²) >= 11 is 0. The minimum atomic E-state index is -2.81. The van der Waals surface area contributed by atoms with E-state index in [0.717, 1.165) is 30.9 Å². The fraction of sp³-hybridized carbons (Fsp3) is 0.625. The molecule has 3 heterocycles. The van der Waals surface area contributed by atoms with Gasteiger partial charge in [0.2, 0.25) is 5.92 Å². The van der Waals surface area contributed by atoms with Crippen LogP contribution in [0.2, 0.25) is 0 Å². The number of nitrogens with zero attached hydrogens (tertiary/aromatic N) is 1. The zero-order valence-corrected chi connectivity index (χ0v) is 20.4. The lowest BCUT2D eigenvalue weighted by Crippen LogP contribution is -2.50. The quantitative estimate of drug-likeness (QED) is 0.563. The lowest BCUT2D eigenvalue weighted by Gasteiger charge is -2.43. The highest BCUT2D eigenvalue weighted by Gasteiger charge is 2.52. The average Bonchev–Trinajstić information content (AvgIpc) is 3.54. The second-order valence-electron chi connectivity index (χ2n) is 9.84. The summed E-state index contributed by atoms with van der Waals surface area (Å²) in [6.07, 6.45) is 5.95. The topological polar surface area (TPSA) is 108 Å². The summed E-state index contributed by atoms with van der Waals surface area (Å²) in [4.78, 5) is 39.5. The van der Waals surface area contributed by atoms with Crippen LogP contribution >= 0.6 is 10.6 Å². The molecule has 35 heavy (non-hydrogen) atoms. The van der Waals surface area contributed by atoms with Gasteiger partial charge in [0.15, 0.2) is 0 Å². The van der Waals surface area contributed by atoms with E-state index in [-0.39, 0.29) is 36.9 Å². The molecule has 3 aliphatic heterocycles. The molecule has 0 radical (unpaired) electrons. The number of ether oxygens (including phenoxy) is 1. The summed E-state index contributed by atoms with van der Waals surface area (Å²) in [7, 11) is -2.81. The highest BCUT2D eigenvalue weighted by molar-refractivity contribution is 8.32. The summed E-state index contributed by atoms with van der Waals surface area (Å²) in [5, 5.41) is 1.60. The van der Waals surface area contributed by atoms with Crippen molar-refractivity contribution in [2.24, 2.45) is 11.7 Å². The number of hydrogen-bond donors (Lipinski definition) is 1. The SMILES string of the molecule is CC1=C([C@H]2C[C@@H]2N(C2CCOCC2)C2CCC(F)(F)CC2)C=CS12OC(=O)C=C(C(N)=O)C(=O)O2. The van der Waals surface area contributed by atoms with E-state index < -0.39 is 39.9 Å². The average molecular weight is 513 g/mol. The molecule has 1 amide bonds. The van der Waals surface area contributed by atoms with Crippen LogP contribution < -0.4 is 5.73 Å². The van der Waals surface area contributed by atoms with Crippen molar-refractivity contribution in [3.63, 3.8) is 0 Å². The predicted molar refractivity (Wildman–Crippen MR) is 124 cm³/mol.